The van der Waals surface area contributed by atoms with Crippen LogP contribution in [0, 0.1) is 0 Å². The van der Waals surface area contributed by atoms with Gasteiger partial charge in [-0.3, -0.25) is 9.10 Å². The number of hydrogen-bond donors (Lipinski definition) is 1. The van der Waals surface area contributed by atoms with Crippen LogP contribution in [0.4, 0.5) is 18.9 Å². The molecule has 2 unspecified atom stereocenters. The molecule has 0 radical (unpaired) electrons. The first-order chi connectivity index (χ1) is 20.7. The van der Waals surface area contributed by atoms with Gasteiger partial charge in [-0.1, -0.05) is 54.6 Å². The van der Waals surface area contributed by atoms with E-state index in [0.717, 1.165) is 39.5 Å². The number of H-pyrrole nitrogens is 1. The highest BCUT2D eigenvalue weighted by Gasteiger charge is 2.43. The molecule has 0 fully saturated rings. The van der Waals surface area contributed by atoms with Crippen molar-refractivity contribution in [2.24, 2.45) is 0 Å². The molecular weight excluding hydrogens is 585 g/mol. The van der Waals surface area contributed by atoms with E-state index in [4.69, 9.17) is 9.47 Å². The third-order valence-corrected chi connectivity index (χ3v) is 9.42. The van der Waals surface area contributed by atoms with Gasteiger partial charge >= 0.3 is 6.18 Å². The summed E-state index contributed by atoms with van der Waals surface area (Å²) in [5.41, 5.74) is 1.36. The van der Waals surface area contributed by atoms with E-state index in [1.807, 2.05) is 30.3 Å². The molecule has 4 aromatic rings. The zero-order valence-electron chi connectivity index (χ0n) is 22.7. The van der Waals surface area contributed by atoms with E-state index in [-0.39, 0.29) is 37.2 Å². The van der Waals surface area contributed by atoms with Crippen LogP contribution in [0.15, 0.2) is 90.1 Å². The van der Waals surface area contributed by atoms with Crippen molar-refractivity contribution in [3.8, 4) is 5.75 Å². The van der Waals surface area contributed by atoms with Gasteiger partial charge < -0.3 is 19.4 Å². The molecule has 0 bridgehead atoms. The van der Waals surface area contributed by atoms with Crippen molar-refractivity contribution in [3.63, 3.8) is 0 Å². The maximum Gasteiger partial charge on any atom is 0.417 e. The third-order valence-electron chi connectivity index (χ3n) is 7.49. The molecular formula is C30H27F3N4O5S. The fraction of sp³-hybridized carbons (Fsp3) is 0.267. The molecule has 2 atom stereocenters. The predicted octanol–water partition coefficient (Wildman–Crippen LogP) is 4.58. The van der Waals surface area contributed by atoms with E-state index < -0.39 is 38.7 Å². The van der Waals surface area contributed by atoms with Crippen LogP contribution in [0.25, 0.3) is 0 Å². The Morgan fingerprint density at radius 3 is 2.53 bits per heavy atom. The van der Waals surface area contributed by atoms with Gasteiger partial charge in [-0.05, 0) is 29.8 Å². The van der Waals surface area contributed by atoms with Gasteiger partial charge in [0, 0.05) is 18.7 Å². The maximum absolute atomic E-state index is 13.9. The van der Waals surface area contributed by atoms with Crippen LogP contribution >= 0.6 is 0 Å². The highest BCUT2D eigenvalue weighted by Crippen LogP contribution is 2.41. The normalized spacial score (nSPS) is 18.5. The molecule has 6 rings (SSSR count). The van der Waals surface area contributed by atoms with Crippen molar-refractivity contribution in [1.29, 1.82) is 0 Å². The van der Waals surface area contributed by atoms with E-state index in [1.54, 1.807) is 23.4 Å². The molecule has 0 saturated carbocycles. The highest BCUT2D eigenvalue weighted by atomic mass is 32.2. The fourth-order valence-corrected chi connectivity index (χ4v) is 7.42. The number of benzene rings is 3. The Kier molecular flexibility index (Phi) is 7.61. The first-order valence-electron chi connectivity index (χ1n) is 13.5. The Labute approximate surface area is 245 Å². The number of amides is 1. The summed E-state index contributed by atoms with van der Waals surface area (Å²) in [7, 11) is -4.74. The Balaban J connectivity index is 1.25. The Bertz CT molecular complexity index is 1730. The number of aromatic amines is 1. The first-order valence-corrected chi connectivity index (χ1v) is 15.0. The molecule has 224 valence electrons. The van der Waals surface area contributed by atoms with Crippen molar-refractivity contribution >= 4 is 21.6 Å². The number of rotatable bonds is 7. The van der Waals surface area contributed by atoms with Crippen LogP contribution in [0.3, 0.4) is 0 Å². The minimum Gasteiger partial charge on any atom is -0.489 e. The summed E-state index contributed by atoms with van der Waals surface area (Å²) >= 11 is 0. The van der Waals surface area contributed by atoms with Crippen molar-refractivity contribution in [1.82, 2.24) is 14.9 Å². The van der Waals surface area contributed by atoms with Gasteiger partial charge in [-0.2, -0.15) is 13.2 Å². The van der Waals surface area contributed by atoms with Crippen LogP contribution < -0.4 is 9.04 Å². The number of nitrogens with one attached hydrogen (secondary N) is 1. The Hall–Kier alpha value is -4.36. The lowest BCUT2D eigenvalue weighted by atomic mass is 9.95. The standard InChI is InChI=1S/C30H27F3N4O5S/c31-30(32,33)22-10-4-7-13-26(22)43(39,40)37-21(17-42-25-12-6-5-11-24(25)37)16-41-18-27(38)36-15-14-23-28(35-19-34-23)29(36)20-8-2-1-3-9-20/h1-13,19,21,29H,14-18H2,(H,34,35). The Morgan fingerprint density at radius 2 is 1.74 bits per heavy atom. The highest BCUT2D eigenvalue weighted by molar-refractivity contribution is 7.93. The number of para-hydroxylation sites is 2. The summed E-state index contributed by atoms with van der Waals surface area (Å²) in [6.07, 6.45) is -2.73. The molecule has 3 heterocycles. The summed E-state index contributed by atoms with van der Waals surface area (Å²) in [6, 6.07) is 18.2. The van der Waals surface area contributed by atoms with Gasteiger partial charge in [0.2, 0.25) is 5.91 Å². The number of anilines is 1. The largest absolute Gasteiger partial charge is 0.489 e. The number of carbonyl (C=O) groups excluding carboxylic acids is 1. The molecule has 0 saturated heterocycles. The smallest absolute Gasteiger partial charge is 0.417 e. The first kappa shape index (κ1) is 28.7. The zero-order chi connectivity index (χ0) is 30.2. The lowest BCUT2D eigenvalue weighted by molar-refractivity contribution is -0.140. The van der Waals surface area contributed by atoms with Crippen molar-refractivity contribution in [3.05, 3.63) is 108 Å². The van der Waals surface area contributed by atoms with E-state index in [9.17, 15) is 26.4 Å². The van der Waals surface area contributed by atoms with Crippen molar-refractivity contribution in [2.45, 2.75) is 29.6 Å². The molecule has 13 heteroatoms. The van der Waals surface area contributed by atoms with Gasteiger partial charge in [0.15, 0.2) is 0 Å². The molecule has 2 aliphatic rings. The number of aromatic nitrogens is 2. The molecule has 2 aliphatic heterocycles. The van der Waals surface area contributed by atoms with Gasteiger partial charge in [0.25, 0.3) is 10.0 Å². The van der Waals surface area contributed by atoms with Gasteiger partial charge in [-0.15, -0.1) is 0 Å². The molecule has 3 aromatic carbocycles. The van der Waals surface area contributed by atoms with Crippen LogP contribution in [0.1, 0.15) is 28.6 Å². The summed E-state index contributed by atoms with van der Waals surface area (Å²) < 4.78 is 81.8. The lowest BCUT2D eigenvalue weighted by Gasteiger charge is -2.38. The lowest BCUT2D eigenvalue weighted by Crippen LogP contribution is -2.50. The number of ether oxygens (including phenoxy) is 2. The van der Waals surface area contributed by atoms with Gasteiger partial charge in [0.05, 0.1) is 34.8 Å². The second kappa shape index (κ2) is 11.4. The molecule has 0 spiro atoms. The maximum atomic E-state index is 13.9. The number of alkyl halides is 3. The van der Waals surface area contributed by atoms with E-state index in [2.05, 4.69) is 9.97 Å². The second-order valence-electron chi connectivity index (χ2n) is 10.2. The van der Waals surface area contributed by atoms with Gasteiger partial charge in [0.1, 0.15) is 31.0 Å². The molecule has 43 heavy (non-hydrogen) atoms. The van der Waals surface area contributed by atoms with Crippen LogP contribution in [0.2, 0.25) is 0 Å². The third kappa shape index (κ3) is 5.45. The summed E-state index contributed by atoms with van der Waals surface area (Å²) in [5.74, 6) is -0.131. The predicted molar refractivity (Wildman–Crippen MR) is 150 cm³/mol. The number of halogens is 3. The number of sulfonamides is 1. The summed E-state index contributed by atoms with van der Waals surface area (Å²) in [6.45, 7) is -0.462. The SMILES string of the molecule is O=C(COCC1COc2ccccc2N1S(=O)(=O)c1ccccc1C(F)(F)F)N1CCc2[nH]cnc2C1c1ccccc1. The van der Waals surface area contributed by atoms with Crippen molar-refractivity contribution in [2.75, 3.05) is 30.7 Å². The second-order valence-corrected chi connectivity index (χ2v) is 11.9. The van der Waals surface area contributed by atoms with E-state index >= 15 is 0 Å². The number of hydrogen-bond acceptors (Lipinski definition) is 6. The fourth-order valence-electron chi connectivity index (χ4n) is 5.57. The van der Waals surface area contributed by atoms with Crippen LogP contribution in [-0.4, -0.2) is 61.6 Å². The van der Waals surface area contributed by atoms with Gasteiger partial charge in [-0.25, -0.2) is 13.4 Å². The van der Waals surface area contributed by atoms with Crippen LogP contribution in [0.5, 0.6) is 5.75 Å². The summed E-state index contributed by atoms with van der Waals surface area (Å²) in [5, 5.41) is 0. The molecule has 9 nitrogen and oxygen atoms in total. The quantitative estimate of drug-likeness (QED) is 0.328. The molecule has 1 aromatic heterocycles. The average Bonchev–Trinajstić information content (AvgIpc) is 3.49. The monoisotopic (exact) mass is 612 g/mol. The number of carbonyl (C=O) groups is 1. The molecule has 0 aliphatic carbocycles. The Morgan fingerprint density at radius 1 is 1.02 bits per heavy atom. The molecule has 1 amide bonds. The molecule has 1 N–H and O–H groups in total. The van der Waals surface area contributed by atoms with Crippen LogP contribution in [-0.2, 0) is 32.2 Å². The number of nitrogens with zero attached hydrogens (tertiary/aromatic N) is 3. The minimum absolute atomic E-state index is 0.0805. The minimum atomic E-state index is -4.90. The topological polar surface area (TPSA) is 105 Å². The van der Waals surface area contributed by atoms with Crippen molar-refractivity contribution < 1.29 is 35.9 Å². The zero-order valence-corrected chi connectivity index (χ0v) is 23.5. The summed E-state index contributed by atoms with van der Waals surface area (Å²) in [4.78, 5) is 21.9. The van der Waals surface area contributed by atoms with E-state index in [1.165, 1.54) is 18.2 Å². The van der Waals surface area contributed by atoms with E-state index in [0.29, 0.717) is 13.0 Å². The number of fused-ring (bicyclic) bond motifs is 2. The number of imidazole rings is 1. The average molecular weight is 613 g/mol.